The monoisotopic (exact) mass is 535 g/mol. The molecule has 0 aliphatic heterocycles. The van der Waals surface area contributed by atoms with Gasteiger partial charge in [0.1, 0.15) is 0 Å². The van der Waals surface area contributed by atoms with Crippen LogP contribution in [0, 0.1) is 58.3 Å². The first-order chi connectivity index (χ1) is 17.3. The van der Waals surface area contributed by atoms with Gasteiger partial charge < -0.3 is 10.1 Å². The Bertz CT molecular complexity index is 1350. The molecule has 196 valence electrons. The summed E-state index contributed by atoms with van der Waals surface area (Å²) >= 11 is 0. The van der Waals surface area contributed by atoms with Crippen LogP contribution in [0.4, 0.5) is 45.2 Å². The van der Waals surface area contributed by atoms with Crippen molar-refractivity contribution in [2.45, 2.75) is 20.3 Å². The predicted molar refractivity (Wildman–Crippen MR) is 111 cm³/mol. The van der Waals surface area contributed by atoms with E-state index in [2.05, 4.69) is 10.1 Å². The second-order valence-corrected chi connectivity index (χ2v) is 7.67. The molecule has 0 spiro atoms. The molecule has 1 atom stereocenters. The van der Waals surface area contributed by atoms with Gasteiger partial charge in [0.2, 0.25) is 29.1 Å². The Morgan fingerprint density at radius 2 is 1.11 bits per heavy atom. The van der Waals surface area contributed by atoms with Crippen LogP contribution in [0.2, 0.25) is 0 Å². The van der Waals surface area contributed by atoms with Gasteiger partial charge in [0.05, 0.1) is 16.7 Å². The highest BCUT2D eigenvalue weighted by atomic mass is 19.2. The van der Waals surface area contributed by atoms with E-state index in [-0.39, 0.29) is 17.5 Å². The minimum Gasteiger partial charge on any atom is -0.416 e. The summed E-state index contributed by atoms with van der Waals surface area (Å²) in [7, 11) is 0. The molecule has 0 aromatic heterocycles. The van der Waals surface area contributed by atoms with Crippen LogP contribution < -0.4 is 10.1 Å². The fourth-order valence-corrected chi connectivity index (χ4v) is 3.04. The van der Waals surface area contributed by atoms with Gasteiger partial charge in [-0.2, -0.15) is 8.78 Å². The van der Waals surface area contributed by atoms with E-state index < -0.39 is 80.8 Å². The Morgan fingerprint density at radius 3 is 1.54 bits per heavy atom. The maximum absolute atomic E-state index is 14.5. The fraction of sp³-hybridized carbons (Fsp3) is 0.167. The van der Waals surface area contributed by atoms with Crippen molar-refractivity contribution in [1.82, 2.24) is 0 Å². The van der Waals surface area contributed by atoms with Crippen molar-refractivity contribution in [1.29, 1.82) is 0 Å². The number of halogens is 9. The number of hydrogen-bond acceptors (Lipinski definition) is 3. The van der Waals surface area contributed by atoms with Gasteiger partial charge in [-0.1, -0.05) is 13.8 Å². The van der Waals surface area contributed by atoms with Gasteiger partial charge in [0.25, 0.3) is 0 Å². The van der Waals surface area contributed by atoms with Gasteiger partial charge in [0, 0.05) is 11.6 Å². The quantitative estimate of drug-likeness (QED) is 0.124. The van der Waals surface area contributed by atoms with Gasteiger partial charge in [-0.05, 0) is 30.7 Å². The number of rotatable bonds is 6. The molecule has 1 N–H and O–H groups in total. The maximum atomic E-state index is 14.5. The number of carbonyl (C=O) groups is 2. The van der Waals surface area contributed by atoms with E-state index in [9.17, 15) is 49.1 Å². The molecular formula is C24H14F9NO3. The lowest BCUT2D eigenvalue weighted by Gasteiger charge is -2.14. The van der Waals surface area contributed by atoms with Crippen LogP contribution >= 0.6 is 0 Å². The lowest BCUT2D eigenvalue weighted by atomic mass is 10.0. The van der Waals surface area contributed by atoms with E-state index in [0.717, 1.165) is 12.1 Å². The van der Waals surface area contributed by atoms with Crippen molar-refractivity contribution in [3.8, 4) is 16.9 Å². The lowest BCUT2D eigenvalue weighted by molar-refractivity contribution is -0.119. The van der Waals surface area contributed by atoms with Crippen molar-refractivity contribution in [3.63, 3.8) is 0 Å². The number of anilines is 1. The highest BCUT2D eigenvalue weighted by Crippen LogP contribution is 2.40. The molecule has 0 aliphatic carbocycles. The number of benzene rings is 3. The number of amides is 1. The van der Waals surface area contributed by atoms with Gasteiger partial charge in [-0.15, -0.1) is 0 Å². The molecule has 3 aromatic carbocycles. The van der Waals surface area contributed by atoms with Gasteiger partial charge in [0.15, 0.2) is 34.9 Å². The largest absolute Gasteiger partial charge is 0.416 e. The fourth-order valence-electron chi connectivity index (χ4n) is 3.04. The third-order valence-electron chi connectivity index (χ3n) is 5.33. The Hall–Kier alpha value is -4.03. The summed E-state index contributed by atoms with van der Waals surface area (Å²) in [5, 5.41) is 2.54. The van der Waals surface area contributed by atoms with Crippen LogP contribution in [0.25, 0.3) is 11.1 Å². The number of esters is 1. The number of carbonyl (C=O) groups excluding carboxylic acids is 2. The maximum Gasteiger partial charge on any atom is 0.343 e. The first-order valence-electron chi connectivity index (χ1n) is 10.3. The van der Waals surface area contributed by atoms with E-state index in [4.69, 9.17) is 0 Å². The van der Waals surface area contributed by atoms with Crippen LogP contribution in [-0.4, -0.2) is 11.9 Å². The first-order valence-corrected chi connectivity index (χ1v) is 10.3. The summed E-state index contributed by atoms with van der Waals surface area (Å²) < 4.78 is 131. The molecule has 1 amide bonds. The van der Waals surface area contributed by atoms with Crippen molar-refractivity contribution in [2.24, 2.45) is 5.92 Å². The number of ether oxygens (including phenoxy) is 1. The Morgan fingerprint density at radius 1 is 0.703 bits per heavy atom. The smallest absolute Gasteiger partial charge is 0.343 e. The lowest BCUT2D eigenvalue weighted by Crippen LogP contribution is -2.19. The van der Waals surface area contributed by atoms with Crippen LogP contribution in [0.15, 0.2) is 24.3 Å². The Labute approximate surface area is 202 Å². The third kappa shape index (κ3) is 4.98. The van der Waals surface area contributed by atoms with Crippen LogP contribution in [0.3, 0.4) is 0 Å². The zero-order valence-electron chi connectivity index (χ0n) is 18.7. The molecule has 1 unspecified atom stereocenters. The second-order valence-electron chi connectivity index (χ2n) is 7.67. The molecule has 0 heterocycles. The summed E-state index contributed by atoms with van der Waals surface area (Å²) in [6.07, 6.45) is 0.545. The van der Waals surface area contributed by atoms with Crippen molar-refractivity contribution in [2.75, 3.05) is 5.32 Å². The van der Waals surface area contributed by atoms with Crippen LogP contribution in [0.1, 0.15) is 30.6 Å². The minimum atomic E-state index is -2.70. The molecule has 3 rings (SSSR count). The third-order valence-corrected chi connectivity index (χ3v) is 5.33. The average Bonchev–Trinajstić information content (AvgIpc) is 2.89. The highest BCUT2D eigenvalue weighted by molar-refractivity contribution is 5.94. The van der Waals surface area contributed by atoms with Crippen LogP contribution in [0.5, 0.6) is 5.75 Å². The molecule has 0 radical (unpaired) electrons. The minimum absolute atomic E-state index is 0.239. The molecule has 13 heteroatoms. The SMILES string of the molecule is CCC(C)C(=O)Nc1ccc(C(=O)Oc2c(F)c(F)c(-c3c(F)c(F)c(F)c(F)c3F)c(F)c2F)cc1. The van der Waals surface area contributed by atoms with Crippen molar-refractivity contribution in [3.05, 3.63) is 82.2 Å². The van der Waals surface area contributed by atoms with E-state index >= 15 is 0 Å². The summed E-state index contributed by atoms with van der Waals surface area (Å²) in [5.74, 6) is -27.7. The summed E-state index contributed by atoms with van der Waals surface area (Å²) in [6, 6.07) is 4.52. The van der Waals surface area contributed by atoms with Gasteiger partial charge in [-0.3, -0.25) is 4.79 Å². The average molecular weight is 535 g/mol. The summed E-state index contributed by atoms with van der Waals surface area (Å²) in [5.41, 5.74) is -4.67. The zero-order chi connectivity index (χ0) is 27.8. The normalized spacial score (nSPS) is 11.9. The molecule has 0 aliphatic rings. The molecule has 0 saturated heterocycles. The van der Waals surface area contributed by atoms with Gasteiger partial charge >= 0.3 is 5.97 Å². The number of hydrogen-bond donors (Lipinski definition) is 1. The van der Waals surface area contributed by atoms with E-state index in [1.165, 1.54) is 12.1 Å². The Balaban J connectivity index is 1.98. The molecule has 3 aromatic rings. The summed E-state index contributed by atoms with van der Waals surface area (Å²) in [4.78, 5) is 24.2. The van der Waals surface area contributed by atoms with Crippen molar-refractivity contribution >= 4 is 17.6 Å². The molecular weight excluding hydrogens is 521 g/mol. The van der Waals surface area contributed by atoms with Gasteiger partial charge in [-0.25, -0.2) is 35.5 Å². The van der Waals surface area contributed by atoms with E-state index in [1.54, 1.807) is 13.8 Å². The summed E-state index contributed by atoms with van der Waals surface area (Å²) in [6.45, 7) is 3.45. The standard InChI is InChI=1S/C24H14F9NO3/c1-3-8(2)23(35)34-10-6-4-9(5-7-10)24(36)37-22-20(32)15(27)12(16(28)21(22)33)11-13(25)17(29)19(31)18(30)14(11)26/h4-8H,3H2,1-2H3,(H,34,35). The molecule has 4 nitrogen and oxygen atoms in total. The first kappa shape index (κ1) is 27.6. The molecule has 37 heavy (non-hydrogen) atoms. The molecule has 0 bridgehead atoms. The molecule has 0 fully saturated rings. The van der Waals surface area contributed by atoms with Crippen LogP contribution in [-0.2, 0) is 4.79 Å². The van der Waals surface area contributed by atoms with Crippen molar-refractivity contribution < 1.29 is 53.8 Å². The Kier molecular flexibility index (Phi) is 7.84. The molecule has 0 saturated carbocycles. The van der Waals surface area contributed by atoms with E-state index in [0.29, 0.717) is 6.42 Å². The highest BCUT2D eigenvalue weighted by Gasteiger charge is 2.35. The topological polar surface area (TPSA) is 55.4 Å². The van der Waals surface area contributed by atoms with E-state index in [1.807, 2.05) is 0 Å². The second kappa shape index (κ2) is 10.5. The zero-order valence-corrected chi connectivity index (χ0v) is 18.7. The predicted octanol–water partition coefficient (Wildman–Crippen LogP) is 6.81. The number of nitrogens with one attached hydrogen (secondary N) is 1.